The van der Waals surface area contributed by atoms with Gasteiger partial charge in [-0.15, -0.1) is 0 Å². The molecule has 7 nitrogen and oxygen atoms in total. The van der Waals surface area contributed by atoms with Gasteiger partial charge in [0.25, 0.3) is 0 Å². The van der Waals surface area contributed by atoms with Crippen molar-refractivity contribution in [2.75, 3.05) is 25.9 Å². The lowest BCUT2D eigenvalue weighted by Gasteiger charge is -2.29. The number of likely N-dealkylation sites (tertiary alicyclic amines) is 1. The predicted octanol–water partition coefficient (Wildman–Crippen LogP) is 4.46. The summed E-state index contributed by atoms with van der Waals surface area (Å²) in [5.74, 6) is 6.89. The Kier molecular flexibility index (Phi) is 6.73. The van der Waals surface area contributed by atoms with E-state index in [2.05, 4.69) is 33.8 Å². The Morgan fingerprint density at radius 3 is 2.61 bits per heavy atom. The second-order valence-corrected chi connectivity index (χ2v) is 9.73. The number of Topliss-reactive ketones (excluding diaryl/α,β-unsaturated/α-hetero) is 1. The van der Waals surface area contributed by atoms with E-state index in [4.69, 9.17) is 22.4 Å². The number of aromatic nitrogens is 4. The van der Waals surface area contributed by atoms with E-state index in [-0.39, 0.29) is 18.2 Å². The van der Waals surface area contributed by atoms with Crippen molar-refractivity contribution < 1.29 is 4.79 Å². The molecule has 0 radical (unpaired) electrons. The van der Waals surface area contributed by atoms with Crippen LogP contribution in [-0.2, 0) is 6.42 Å². The summed E-state index contributed by atoms with van der Waals surface area (Å²) in [5, 5.41) is 6.14. The standard InChI is InChI=1S/C28H27ClN6O/c1-18-3-4-19(16-25(36)20-5-8-22(29)9-6-20)15-21(18)7-10-24-26-27(30)31-17-32-28(26)35(33-24)23-11-13-34(2)14-12-23/h3-6,8-9,15,17,23H,11-14,16H2,1-2H3,(H2,30,31,32). The maximum Gasteiger partial charge on any atom is 0.167 e. The van der Waals surface area contributed by atoms with Crippen molar-refractivity contribution in [3.8, 4) is 11.8 Å². The number of carbonyl (C=O) groups excluding carboxylic acids is 1. The summed E-state index contributed by atoms with van der Waals surface area (Å²) in [6.07, 6.45) is 3.75. The quantitative estimate of drug-likeness (QED) is 0.330. The largest absolute Gasteiger partial charge is 0.383 e. The van der Waals surface area contributed by atoms with Gasteiger partial charge in [0.2, 0.25) is 0 Å². The van der Waals surface area contributed by atoms with Gasteiger partial charge in [0.1, 0.15) is 17.8 Å². The Hall–Kier alpha value is -3.73. The molecular formula is C28H27ClN6O. The summed E-state index contributed by atoms with van der Waals surface area (Å²) in [4.78, 5) is 23.7. The van der Waals surface area contributed by atoms with E-state index in [1.165, 1.54) is 6.33 Å². The molecule has 0 atom stereocenters. The molecular weight excluding hydrogens is 472 g/mol. The molecule has 1 saturated heterocycles. The number of ketones is 1. The predicted molar refractivity (Wildman–Crippen MR) is 142 cm³/mol. The number of halogens is 1. The highest BCUT2D eigenvalue weighted by atomic mass is 35.5. The van der Waals surface area contributed by atoms with E-state index in [0.717, 1.165) is 48.3 Å². The first-order valence-electron chi connectivity index (χ1n) is 12.0. The fourth-order valence-corrected chi connectivity index (χ4v) is 4.67. The zero-order valence-corrected chi connectivity index (χ0v) is 21.1. The van der Waals surface area contributed by atoms with E-state index in [0.29, 0.717) is 27.5 Å². The number of nitrogen functional groups attached to an aromatic ring is 1. The third kappa shape index (κ3) is 4.97. The Morgan fingerprint density at radius 1 is 1.11 bits per heavy atom. The Balaban J connectivity index is 1.46. The van der Waals surface area contributed by atoms with Crippen molar-refractivity contribution >= 4 is 34.2 Å². The minimum Gasteiger partial charge on any atom is -0.383 e. The molecule has 0 unspecified atom stereocenters. The summed E-state index contributed by atoms with van der Waals surface area (Å²) in [7, 11) is 2.13. The van der Waals surface area contributed by atoms with Crippen LogP contribution in [0.2, 0.25) is 5.02 Å². The Morgan fingerprint density at radius 2 is 1.86 bits per heavy atom. The average Bonchev–Trinajstić information content (AvgIpc) is 3.25. The third-order valence-corrected chi connectivity index (χ3v) is 6.95. The lowest BCUT2D eigenvalue weighted by atomic mass is 9.99. The molecule has 1 aliphatic heterocycles. The van der Waals surface area contributed by atoms with Gasteiger partial charge in [-0.05, 0) is 87.3 Å². The number of benzene rings is 2. The zero-order chi connectivity index (χ0) is 25.2. The third-order valence-electron chi connectivity index (χ3n) is 6.70. The van der Waals surface area contributed by atoms with Crippen molar-refractivity contribution in [1.29, 1.82) is 0 Å². The van der Waals surface area contributed by atoms with E-state index in [1.807, 2.05) is 29.8 Å². The van der Waals surface area contributed by atoms with Gasteiger partial charge in [-0.1, -0.05) is 29.7 Å². The van der Waals surface area contributed by atoms with Crippen molar-refractivity contribution in [2.45, 2.75) is 32.2 Å². The fraction of sp³-hybridized carbons (Fsp3) is 0.286. The van der Waals surface area contributed by atoms with E-state index < -0.39 is 0 Å². The number of piperidine rings is 1. The number of nitrogens with zero attached hydrogens (tertiary/aromatic N) is 5. The molecule has 0 aliphatic carbocycles. The van der Waals surface area contributed by atoms with Crippen molar-refractivity contribution in [3.63, 3.8) is 0 Å². The maximum absolute atomic E-state index is 12.7. The minimum atomic E-state index is 0.0298. The first-order chi connectivity index (χ1) is 17.4. The van der Waals surface area contributed by atoms with E-state index in [1.54, 1.807) is 24.3 Å². The normalized spacial score (nSPS) is 14.5. The number of anilines is 1. The summed E-state index contributed by atoms with van der Waals surface area (Å²) >= 11 is 5.95. The monoisotopic (exact) mass is 498 g/mol. The van der Waals surface area contributed by atoms with Crippen molar-refractivity contribution in [2.24, 2.45) is 0 Å². The van der Waals surface area contributed by atoms with Crippen LogP contribution < -0.4 is 5.73 Å². The molecule has 182 valence electrons. The zero-order valence-electron chi connectivity index (χ0n) is 20.3. The van der Waals surface area contributed by atoms with Gasteiger partial charge in [-0.25, -0.2) is 14.6 Å². The summed E-state index contributed by atoms with van der Waals surface area (Å²) in [6, 6.07) is 13.1. The first kappa shape index (κ1) is 24.0. The van der Waals surface area contributed by atoms with Crippen LogP contribution in [-0.4, -0.2) is 50.6 Å². The summed E-state index contributed by atoms with van der Waals surface area (Å²) < 4.78 is 1.97. The average molecular weight is 499 g/mol. The number of hydrogen-bond acceptors (Lipinski definition) is 6. The highest BCUT2D eigenvalue weighted by Crippen LogP contribution is 2.28. The van der Waals surface area contributed by atoms with Crippen LogP contribution >= 0.6 is 11.6 Å². The molecule has 0 bridgehead atoms. The highest BCUT2D eigenvalue weighted by molar-refractivity contribution is 6.30. The van der Waals surface area contributed by atoms with Crippen LogP contribution in [0.25, 0.3) is 11.0 Å². The van der Waals surface area contributed by atoms with Crippen LogP contribution in [0.15, 0.2) is 48.8 Å². The van der Waals surface area contributed by atoms with Gasteiger partial charge < -0.3 is 10.6 Å². The van der Waals surface area contributed by atoms with Crippen molar-refractivity contribution in [3.05, 3.63) is 81.8 Å². The molecule has 4 aromatic rings. The number of hydrogen-bond donors (Lipinski definition) is 1. The number of rotatable bonds is 4. The van der Waals surface area contributed by atoms with E-state index >= 15 is 0 Å². The van der Waals surface area contributed by atoms with Gasteiger partial charge in [0, 0.05) is 22.6 Å². The van der Waals surface area contributed by atoms with Crippen LogP contribution in [0.3, 0.4) is 0 Å². The number of fused-ring (bicyclic) bond motifs is 1. The van der Waals surface area contributed by atoms with Gasteiger partial charge in [-0.2, -0.15) is 5.10 Å². The molecule has 0 amide bonds. The number of carbonyl (C=O) groups is 1. The highest BCUT2D eigenvalue weighted by Gasteiger charge is 2.24. The molecule has 2 N–H and O–H groups in total. The number of nitrogens with two attached hydrogens (primary N) is 1. The maximum atomic E-state index is 12.7. The molecule has 1 aliphatic rings. The van der Waals surface area contributed by atoms with Gasteiger partial charge in [0.15, 0.2) is 11.4 Å². The molecule has 1 fully saturated rings. The lowest BCUT2D eigenvalue weighted by molar-refractivity contribution is 0.0993. The van der Waals surface area contributed by atoms with Crippen LogP contribution in [0.1, 0.15) is 51.6 Å². The second kappa shape index (κ2) is 10.1. The fourth-order valence-electron chi connectivity index (χ4n) is 4.54. The smallest absolute Gasteiger partial charge is 0.167 e. The molecule has 36 heavy (non-hydrogen) atoms. The van der Waals surface area contributed by atoms with Crippen LogP contribution in [0.5, 0.6) is 0 Å². The molecule has 0 spiro atoms. The summed E-state index contributed by atoms with van der Waals surface area (Å²) in [5.41, 5.74) is 10.9. The lowest BCUT2D eigenvalue weighted by Crippen LogP contribution is -2.32. The topological polar surface area (TPSA) is 89.9 Å². The molecule has 3 heterocycles. The molecule has 2 aromatic heterocycles. The van der Waals surface area contributed by atoms with Gasteiger partial charge in [0.05, 0.1) is 11.4 Å². The second-order valence-electron chi connectivity index (χ2n) is 9.29. The molecule has 5 rings (SSSR count). The summed E-state index contributed by atoms with van der Waals surface area (Å²) in [6.45, 7) is 4.02. The van der Waals surface area contributed by atoms with Crippen LogP contribution in [0.4, 0.5) is 5.82 Å². The molecule has 0 saturated carbocycles. The SMILES string of the molecule is Cc1ccc(CC(=O)c2ccc(Cl)cc2)cc1C#Cc1nn(C2CCN(C)CC2)c2ncnc(N)c12. The molecule has 2 aromatic carbocycles. The van der Waals surface area contributed by atoms with Crippen molar-refractivity contribution in [1.82, 2.24) is 24.6 Å². The Bertz CT molecular complexity index is 1490. The molecule has 8 heteroatoms. The van der Waals surface area contributed by atoms with Crippen LogP contribution in [0, 0.1) is 18.8 Å². The van der Waals surface area contributed by atoms with Gasteiger partial charge in [-0.3, -0.25) is 4.79 Å². The first-order valence-corrected chi connectivity index (χ1v) is 12.3. The Labute approximate surface area is 215 Å². The van der Waals surface area contributed by atoms with E-state index in [9.17, 15) is 4.79 Å². The van der Waals surface area contributed by atoms with Gasteiger partial charge >= 0.3 is 0 Å². The number of aryl methyl sites for hydroxylation is 1. The minimum absolute atomic E-state index is 0.0298.